The van der Waals surface area contributed by atoms with E-state index >= 15 is 4.39 Å². The van der Waals surface area contributed by atoms with Crippen molar-refractivity contribution in [3.63, 3.8) is 0 Å². The Balaban J connectivity index is 1.33. The molecule has 2 amide bonds. The Bertz CT molecular complexity index is 1510. The van der Waals surface area contributed by atoms with Crippen LogP contribution in [0.4, 0.5) is 15.3 Å². The van der Waals surface area contributed by atoms with E-state index < -0.39 is 17.0 Å². The van der Waals surface area contributed by atoms with Gasteiger partial charge in [0.05, 0.1) is 12.0 Å². The number of carbonyl (C=O) groups excluding carboxylic acids is 2. The first kappa shape index (κ1) is 28.5. The van der Waals surface area contributed by atoms with Gasteiger partial charge in [-0.1, -0.05) is 37.0 Å². The maximum absolute atomic E-state index is 15.8. The highest BCUT2D eigenvalue weighted by molar-refractivity contribution is 7.14. The van der Waals surface area contributed by atoms with E-state index in [-0.39, 0.29) is 35.1 Å². The molecular weight excluding hydrogens is 559 g/mol. The molecule has 6 rings (SSSR count). The Kier molecular flexibility index (Phi) is 7.87. The minimum absolute atomic E-state index is 0.0481. The lowest BCUT2D eigenvalue weighted by Gasteiger charge is -2.26. The Morgan fingerprint density at radius 1 is 1.14 bits per heavy atom. The second-order valence-corrected chi connectivity index (χ2v) is 12.7. The molecule has 3 aromatic heterocycles. The molecule has 222 valence electrons. The number of carboxylic acids is 1. The SMILES string of the molecule is Cc1oc(C)c(-c2nc(N(C(=O)C(CC(=O)O)CC3CCCC3)C3CC3)sc2F)c1-c1ccc(N2CCCC2=O)nc1. The summed E-state index contributed by atoms with van der Waals surface area (Å²) in [6, 6.07) is 3.53. The Hall–Kier alpha value is -3.60. The van der Waals surface area contributed by atoms with Crippen molar-refractivity contribution in [2.75, 3.05) is 16.3 Å². The summed E-state index contributed by atoms with van der Waals surface area (Å²) in [5.74, 6) is 0.0945. The average Bonchev–Trinajstić information content (AvgIpc) is 3.24. The molecule has 3 aromatic rings. The van der Waals surface area contributed by atoms with Crippen LogP contribution < -0.4 is 9.80 Å². The van der Waals surface area contributed by atoms with Crippen LogP contribution >= 0.6 is 11.3 Å². The van der Waals surface area contributed by atoms with E-state index in [0.717, 1.165) is 56.3 Å². The number of thiazole rings is 1. The molecule has 1 saturated heterocycles. The van der Waals surface area contributed by atoms with Crippen LogP contribution in [-0.4, -0.2) is 45.4 Å². The van der Waals surface area contributed by atoms with Gasteiger partial charge in [0.25, 0.3) is 0 Å². The summed E-state index contributed by atoms with van der Waals surface area (Å²) in [5, 5.41) is 9.31. The normalized spacial score (nSPS) is 18.2. The fourth-order valence-corrected chi connectivity index (χ4v) is 7.42. The molecule has 0 aromatic carbocycles. The fourth-order valence-electron chi connectivity index (χ4n) is 6.54. The van der Waals surface area contributed by atoms with Gasteiger partial charge in [0.1, 0.15) is 23.0 Å². The van der Waals surface area contributed by atoms with Gasteiger partial charge >= 0.3 is 5.97 Å². The molecule has 3 aliphatic rings. The number of hydrogen-bond acceptors (Lipinski definition) is 7. The number of aromatic nitrogens is 2. The Morgan fingerprint density at radius 3 is 2.50 bits per heavy atom. The largest absolute Gasteiger partial charge is 0.481 e. The summed E-state index contributed by atoms with van der Waals surface area (Å²) >= 11 is 0.813. The Morgan fingerprint density at radius 2 is 1.88 bits per heavy atom. The maximum Gasteiger partial charge on any atom is 0.304 e. The van der Waals surface area contributed by atoms with Crippen molar-refractivity contribution in [2.24, 2.45) is 11.8 Å². The van der Waals surface area contributed by atoms with E-state index in [4.69, 9.17) is 4.42 Å². The van der Waals surface area contributed by atoms with E-state index in [1.54, 1.807) is 35.9 Å². The number of furan rings is 1. The van der Waals surface area contributed by atoms with Gasteiger partial charge in [-0.25, -0.2) is 9.97 Å². The molecule has 1 aliphatic heterocycles. The van der Waals surface area contributed by atoms with Crippen LogP contribution in [0, 0.1) is 30.8 Å². The number of aryl methyl sites for hydroxylation is 2. The molecule has 0 spiro atoms. The molecular formula is C31H35FN4O5S. The van der Waals surface area contributed by atoms with E-state index in [1.165, 1.54) is 0 Å². The van der Waals surface area contributed by atoms with Crippen LogP contribution in [0.1, 0.15) is 75.7 Å². The second kappa shape index (κ2) is 11.6. The van der Waals surface area contributed by atoms with Gasteiger partial charge in [-0.05, 0) is 57.6 Å². The van der Waals surface area contributed by atoms with Crippen molar-refractivity contribution in [1.82, 2.24) is 9.97 Å². The van der Waals surface area contributed by atoms with Crippen molar-refractivity contribution in [3.05, 3.63) is 35.0 Å². The van der Waals surface area contributed by atoms with Crippen molar-refractivity contribution < 1.29 is 28.3 Å². The highest BCUT2D eigenvalue weighted by Crippen LogP contribution is 2.45. The number of rotatable bonds is 10. The molecule has 11 heteroatoms. The van der Waals surface area contributed by atoms with Gasteiger partial charge in [0.2, 0.25) is 16.9 Å². The predicted molar refractivity (Wildman–Crippen MR) is 157 cm³/mol. The van der Waals surface area contributed by atoms with Gasteiger partial charge in [-0.15, -0.1) is 0 Å². The Labute approximate surface area is 247 Å². The number of aliphatic carboxylic acids is 1. The van der Waals surface area contributed by atoms with Crippen molar-refractivity contribution >= 4 is 40.1 Å². The number of halogens is 1. The first-order valence-corrected chi connectivity index (χ1v) is 15.6. The highest BCUT2D eigenvalue weighted by Gasteiger charge is 2.41. The van der Waals surface area contributed by atoms with Gasteiger partial charge in [0, 0.05) is 42.2 Å². The molecule has 0 radical (unpaired) electrons. The third kappa shape index (κ3) is 5.58. The molecule has 42 heavy (non-hydrogen) atoms. The van der Waals surface area contributed by atoms with Gasteiger partial charge in [-0.2, -0.15) is 4.39 Å². The van der Waals surface area contributed by atoms with E-state index in [1.807, 2.05) is 6.07 Å². The molecule has 1 atom stereocenters. The summed E-state index contributed by atoms with van der Waals surface area (Å²) < 4.78 is 21.7. The number of nitrogens with zero attached hydrogens (tertiary/aromatic N) is 4. The standard InChI is InChI=1S/C31H35FN4O5S/c1-17-26(20-9-12-23(33-16-20)35-13-5-8-24(35)37)27(18(2)41-17)28-29(32)42-31(34-28)36(22-10-11-22)30(40)21(15-25(38)39)14-19-6-3-4-7-19/h9,12,16,19,21-22H,3-8,10-11,13-15H2,1-2H3,(H,38,39). The van der Waals surface area contributed by atoms with Crippen LogP contribution in [0.2, 0.25) is 0 Å². The molecule has 4 heterocycles. The smallest absolute Gasteiger partial charge is 0.304 e. The van der Waals surface area contributed by atoms with Crippen LogP contribution in [0.5, 0.6) is 0 Å². The lowest BCUT2D eigenvalue weighted by Crippen LogP contribution is -2.39. The van der Waals surface area contributed by atoms with Crippen molar-refractivity contribution in [1.29, 1.82) is 0 Å². The van der Waals surface area contributed by atoms with Crippen LogP contribution in [-0.2, 0) is 14.4 Å². The number of carboxylic acid groups (broad SMARTS) is 1. The zero-order valence-corrected chi connectivity index (χ0v) is 24.7. The lowest BCUT2D eigenvalue weighted by molar-refractivity contribution is -0.141. The number of hydrogen-bond donors (Lipinski definition) is 1. The maximum atomic E-state index is 15.8. The first-order valence-electron chi connectivity index (χ1n) is 14.8. The molecule has 0 bridgehead atoms. The molecule has 9 nitrogen and oxygen atoms in total. The average molecular weight is 595 g/mol. The summed E-state index contributed by atoms with van der Waals surface area (Å²) in [6.45, 7) is 4.19. The van der Waals surface area contributed by atoms with Crippen molar-refractivity contribution in [2.45, 2.75) is 84.1 Å². The quantitative estimate of drug-likeness (QED) is 0.284. The monoisotopic (exact) mass is 594 g/mol. The third-order valence-corrected chi connectivity index (χ3v) is 9.52. The second-order valence-electron chi connectivity index (χ2n) is 11.8. The zero-order valence-electron chi connectivity index (χ0n) is 23.9. The summed E-state index contributed by atoms with van der Waals surface area (Å²) in [5.41, 5.74) is 1.96. The van der Waals surface area contributed by atoms with Gasteiger partial charge < -0.3 is 9.52 Å². The molecule has 1 N–H and O–H groups in total. The topological polar surface area (TPSA) is 117 Å². The number of carbonyl (C=O) groups is 3. The van der Waals surface area contributed by atoms with Gasteiger partial charge in [0.15, 0.2) is 5.13 Å². The fraction of sp³-hybridized carbons (Fsp3) is 0.516. The number of anilines is 2. The van der Waals surface area contributed by atoms with E-state index in [0.29, 0.717) is 59.3 Å². The van der Waals surface area contributed by atoms with Crippen LogP contribution in [0.25, 0.3) is 22.4 Å². The number of pyridine rings is 1. The minimum atomic E-state index is -1.00. The van der Waals surface area contributed by atoms with Crippen LogP contribution in [0.15, 0.2) is 22.7 Å². The number of amides is 2. The summed E-state index contributed by atoms with van der Waals surface area (Å²) in [7, 11) is 0. The first-order chi connectivity index (χ1) is 20.2. The lowest BCUT2D eigenvalue weighted by atomic mass is 9.90. The summed E-state index contributed by atoms with van der Waals surface area (Å²) in [4.78, 5) is 50.2. The van der Waals surface area contributed by atoms with E-state index in [2.05, 4.69) is 9.97 Å². The van der Waals surface area contributed by atoms with E-state index in [9.17, 15) is 19.5 Å². The van der Waals surface area contributed by atoms with Crippen molar-refractivity contribution in [3.8, 4) is 22.4 Å². The predicted octanol–water partition coefficient (Wildman–Crippen LogP) is 6.51. The molecule has 2 aliphatic carbocycles. The summed E-state index contributed by atoms with van der Waals surface area (Å²) in [6.07, 6.45) is 9.04. The minimum Gasteiger partial charge on any atom is -0.481 e. The molecule has 3 fully saturated rings. The molecule has 2 saturated carbocycles. The highest BCUT2D eigenvalue weighted by atomic mass is 32.1. The molecule has 1 unspecified atom stereocenters. The van der Waals surface area contributed by atoms with Crippen LogP contribution in [0.3, 0.4) is 0 Å². The van der Waals surface area contributed by atoms with Gasteiger partial charge in [-0.3, -0.25) is 24.2 Å². The zero-order chi connectivity index (χ0) is 29.5. The third-order valence-electron chi connectivity index (χ3n) is 8.68.